The number of aromatic nitrogens is 2. The predicted molar refractivity (Wildman–Crippen MR) is 78.2 cm³/mol. The first kappa shape index (κ1) is 12.4. The van der Waals surface area contributed by atoms with Gasteiger partial charge in [0.1, 0.15) is 0 Å². The van der Waals surface area contributed by atoms with Gasteiger partial charge in [-0.25, -0.2) is 4.98 Å². The van der Waals surface area contributed by atoms with Crippen LogP contribution in [-0.4, -0.2) is 22.6 Å². The van der Waals surface area contributed by atoms with Crippen molar-refractivity contribution in [1.82, 2.24) is 14.9 Å². The molecule has 0 aliphatic carbocycles. The number of aryl methyl sites for hydroxylation is 1. The number of hydrogen-bond acceptors (Lipinski definition) is 2. The monoisotopic (exact) mass is 255 g/mol. The lowest BCUT2D eigenvalue weighted by Crippen LogP contribution is -2.15. The van der Waals surface area contributed by atoms with E-state index in [1.807, 2.05) is 12.5 Å². The van der Waals surface area contributed by atoms with Gasteiger partial charge in [-0.3, -0.25) is 0 Å². The number of hydrogen-bond donors (Lipinski definition) is 1. The van der Waals surface area contributed by atoms with Crippen molar-refractivity contribution in [2.24, 2.45) is 0 Å². The van der Waals surface area contributed by atoms with Crippen molar-refractivity contribution >= 4 is 0 Å². The van der Waals surface area contributed by atoms with Crippen LogP contribution in [0, 0.1) is 6.92 Å². The lowest BCUT2D eigenvalue weighted by atomic mass is 10.1. The molecule has 1 aliphatic heterocycles. The largest absolute Gasteiger partial charge is 0.327 e. The van der Waals surface area contributed by atoms with Gasteiger partial charge in [-0.05, 0) is 45.3 Å². The Kier molecular flexibility index (Phi) is 3.65. The third kappa shape index (κ3) is 2.71. The summed E-state index contributed by atoms with van der Waals surface area (Å²) in [6.07, 6.45) is 7.66. The molecule has 3 nitrogen and oxygen atoms in total. The third-order valence-corrected chi connectivity index (χ3v) is 3.92. The smallest absolute Gasteiger partial charge is 0.0953 e. The Morgan fingerprint density at radius 3 is 3.11 bits per heavy atom. The fraction of sp³-hybridized carbons (Fsp3) is 0.438. The van der Waals surface area contributed by atoms with Crippen LogP contribution in [0.5, 0.6) is 0 Å². The van der Waals surface area contributed by atoms with Gasteiger partial charge >= 0.3 is 0 Å². The molecule has 0 bridgehead atoms. The summed E-state index contributed by atoms with van der Waals surface area (Å²) in [6.45, 7) is 4.39. The Balaban J connectivity index is 1.93. The van der Waals surface area contributed by atoms with Crippen molar-refractivity contribution in [1.29, 1.82) is 0 Å². The van der Waals surface area contributed by atoms with Gasteiger partial charge in [0.05, 0.1) is 18.2 Å². The minimum atomic E-state index is 0.577. The standard InChI is InChI=1S/C16H21N3/c1-13-4-2-5-14(10-13)16-11-18-12-19(16)15-6-3-8-17-9-7-15/h2,4-5,10-12,15,17H,3,6-9H2,1H3. The van der Waals surface area contributed by atoms with Crippen LogP contribution in [0.4, 0.5) is 0 Å². The summed E-state index contributed by atoms with van der Waals surface area (Å²) in [4.78, 5) is 4.38. The van der Waals surface area contributed by atoms with Crippen molar-refractivity contribution in [3.05, 3.63) is 42.4 Å². The zero-order valence-corrected chi connectivity index (χ0v) is 11.5. The molecule has 1 aliphatic rings. The van der Waals surface area contributed by atoms with Crippen LogP contribution in [0.2, 0.25) is 0 Å². The average Bonchev–Trinajstić information content (AvgIpc) is 2.75. The first-order valence-electron chi connectivity index (χ1n) is 7.14. The van der Waals surface area contributed by atoms with Gasteiger partial charge in [0.25, 0.3) is 0 Å². The van der Waals surface area contributed by atoms with Crippen LogP contribution in [0.15, 0.2) is 36.8 Å². The Morgan fingerprint density at radius 1 is 1.26 bits per heavy atom. The van der Waals surface area contributed by atoms with E-state index in [1.54, 1.807) is 0 Å². The number of nitrogens with one attached hydrogen (secondary N) is 1. The molecule has 0 saturated carbocycles. The summed E-state index contributed by atoms with van der Waals surface area (Å²) < 4.78 is 2.36. The zero-order chi connectivity index (χ0) is 13.1. The van der Waals surface area contributed by atoms with E-state index in [4.69, 9.17) is 0 Å². The van der Waals surface area contributed by atoms with Crippen LogP contribution in [0.25, 0.3) is 11.3 Å². The zero-order valence-electron chi connectivity index (χ0n) is 11.5. The van der Waals surface area contributed by atoms with Gasteiger partial charge in [-0.1, -0.05) is 23.8 Å². The second-order valence-electron chi connectivity index (χ2n) is 5.39. The highest BCUT2D eigenvalue weighted by molar-refractivity contribution is 5.60. The normalized spacial score (nSPS) is 20.2. The first-order chi connectivity index (χ1) is 9.34. The molecule has 1 saturated heterocycles. The van der Waals surface area contributed by atoms with Crippen molar-refractivity contribution in [3.8, 4) is 11.3 Å². The highest BCUT2D eigenvalue weighted by Gasteiger charge is 2.17. The minimum absolute atomic E-state index is 0.577. The summed E-state index contributed by atoms with van der Waals surface area (Å²) in [7, 11) is 0. The van der Waals surface area contributed by atoms with Gasteiger partial charge in [0.15, 0.2) is 0 Å². The van der Waals surface area contributed by atoms with E-state index >= 15 is 0 Å². The summed E-state index contributed by atoms with van der Waals surface area (Å²) in [5.74, 6) is 0. The lowest BCUT2D eigenvalue weighted by molar-refractivity contribution is 0.457. The van der Waals surface area contributed by atoms with Gasteiger partial charge in [0, 0.05) is 11.6 Å². The third-order valence-electron chi connectivity index (χ3n) is 3.92. The maximum Gasteiger partial charge on any atom is 0.0953 e. The molecule has 0 radical (unpaired) electrons. The molecule has 2 aromatic rings. The van der Waals surface area contributed by atoms with Crippen LogP contribution in [0.3, 0.4) is 0 Å². The van der Waals surface area contributed by atoms with E-state index in [0.717, 1.165) is 13.1 Å². The van der Waals surface area contributed by atoms with Gasteiger partial charge in [-0.2, -0.15) is 0 Å². The van der Waals surface area contributed by atoms with Crippen LogP contribution in [-0.2, 0) is 0 Å². The molecule has 1 aromatic heterocycles. The maximum absolute atomic E-state index is 4.38. The van der Waals surface area contributed by atoms with E-state index in [9.17, 15) is 0 Å². The van der Waals surface area contributed by atoms with Crippen LogP contribution in [0.1, 0.15) is 30.9 Å². The summed E-state index contributed by atoms with van der Waals surface area (Å²) in [5.41, 5.74) is 3.82. The molecule has 2 heterocycles. The molecule has 100 valence electrons. The topological polar surface area (TPSA) is 29.9 Å². The molecule has 1 unspecified atom stereocenters. The Hall–Kier alpha value is -1.61. The van der Waals surface area contributed by atoms with Gasteiger partial charge in [-0.15, -0.1) is 0 Å². The van der Waals surface area contributed by atoms with E-state index in [0.29, 0.717) is 6.04 Å². The highest BCUT2D eigenvalue weighted by atomic mass is 15.1. The molecule has 1 aromatic carbocycles. The van der Waals surface area contributed by atoms with Crippen molar-refractivity contribution < 1.29 is 0 Å². The second-order valence-corrected chi connectivity index (χ2v) is 5.39. The van der Waals surface area contributed by atoms with Crippen molar-refractivity contribution in [2.45, 2.75) is 32.2 Å². The van der Waals surface area contributed by atoms with E-state index in [2.05, 4.69) is 46.1 Å². The summed E-state index contributed by atoms with van der Waals surface area (Å²) in [5, 5.41) is 3.47. The molecule has 0 spiro atoms. The number of benzene rings is 1. The molecule has 3 rings (SSSR count). The molecule has 1 fully saturated rings. The first-order valence-corrected chi connectivity index (χ1v) is 7.14. The fourth-order valence-electron chi connectivity index (χ4n) is 2.90. The van der Waals surface area contributed by atoms with Gasteiger partial charge < -0.3 is 9.88 Å². The van der Waals surface area contributed by atoms with Crippen molar-refractivity contribution in [3.63, 3.8) is 0 Å². The molecule has 19 heavy (non-hydrogen) atoms. The summed E-state index contributed by atoms with van der Waals surface area (Å²) in [6, 6.07) is 9.25. The molecule has 3 heteroatoms. The molecular formula is C16H21N3. The Morgan fingerprint density at radius 2 is 2.21 bits per heavy atom. The minimum Gasteiger partial charge on any atom is -0.327 e. The molecule has 0 amide bonds. The molecular weight excluding hydrogens is 234 g/mol. The van der Waals surface area contributed by atoms with Crippen molar-refractivity contribution in [2.75, 3.05) is 13.1 Å². The van der Waals surface area contributed by atoms with Gasteiger partial charge in [0.2, 0.25) is 0 Å². The maximum atomic E-state index is 4.38. The predicted octanol–water partition coefficient (Wildman–Crippen LogP) is 3.17. The van der Waals surface area contributed by atoms with Crippen LogP contribution >= 0.6 is 0 Å². The number of nitrogens with zero attached hydrogens (tertiary/aromatic N) is 2. The Bertz CT molecular complexity index is 536. The fourth-order valence-corrected chi connectivity index (χ4v) is 2.90. The highest BCUT2D eigenvalue weighted by Crippen LogP contribution is 2.27. The Labute approximate surface area is 114 Å². The van der Waals surface area contributed by atoms with E-state index < -0.39 is 0 Å². The van der Waals surface area contributed by atoms with E-state index in [-0.39, 0.29) is 0 Å². The molecule has 1 N–H and O–H groups in total. The number of rotatable bonds is 2. The average molecular weight is 255 g/mol. The SMILES string of the molecule is Cc1cccc(-c2cncn2C2CCCNCC2)c1. The number of imidazole rings is 1. The quantitative estimate of drug-likeness (QED) is 0.893. The lowest BCUT2D eigenvalue weighted by Gasteiger charge is -2.19. The van der Waals surface area contributed by atoms with Crippen LogP contribution < -0.4 is 5.32 Å². The van der Waals surface area contributed by atoms with E-state index in [1.165, 1.54) is 36.1 Å². The molecule has 1 atom stereocenters. The second kappa shape index (κ2) is 5.57. The summed E-state index contributed by atoms with van der Waals surface area (Å²) >= 11 is 0.